The maximum Gasteiger partial charge on any atom is 0.253 e. The van der Waals surface area contributed by atoms with Crippen molar-refractivity contribution in [1.82, 2.24) is 15.2 Å². The van der Waals surface area contributed by atoms with Crippen LogP contribution in [0.5, 0.6) is 5.88 Å². The molecule has 2 heterocycles. The SMILES string of the molecule is CCN(CC)CCCC(C)NC(=O)c1cnc(OC2CCOC2)c(Cl)c1. The summed E-state index contributed by atoms with van der Waals surface area (Å²) in [5.41, 5.74) is 0.445. The highest BCUT2D eigenvalue weighted by atomic mass is 35.5. The second kappa shape index (κ2) is 10.7. The van der Waals surface area contributed by atoms with Gasteiger partial charge in [-0.05, 0) is 45.5 Å². The maximum absolute atomic E-state index is 12.4. The van der Waals surface area contributed by atoms with Gasteiger partial charge in [0.15, 0.2) is 0 Å². The van der Waals surface area contributed by atoms with Crippen LogP contribution in [0.1, 0.15) is 50.4 Å². The molecule has 6 nitrogen and oxygen atoms in total. The standard InChI is InChI=1S/C19H30ClN3O3/c1-4-23(5-2)9-6-7-14(3)22-18(24)15-11-17(20)19(21-12-15)26-16-8-10-25-13-16/h11-12,14,16H,4-10,13H2,1-3H3,(H,22,24). The third-order valence-electron chi connectivity index (χ3n) is 4.62. The van der Waals surface area contributed by atoms with Crippen LogP contribution in [0.4, 0.5) is 0 Å². The highest BCUT2D eigenvalue weighted by Gasteiger charge is 2.20. The predicted molar refractivity (Wildman–Crippen MR) is 103 cm³/mol. The van der Waals surface area contributed by atoms with Crippen molar-refractivity contribution in [2.75, 3.05) is 32.8 Å². The van der Waals surface area contributed by atoms with Crippen molar-refractivity contribution in [2.24, 2.45) is 0 Å². The average Bonchev–Trinajstić information content (AvgIpc) is 3.13. The molecule has 1 saturated heterocycles. The number of hydrogen-bond acceptors (Lipinski definition) is 5. The molecule has 0 aromatic carbocycles. The summed E-state index contributed by atoms with van der Waals surface area (Å²) < 4.78 is 11.0. The molecule has 2 unspecified atom stereocenters. The molecule has 1 aliphatic heterocycles. The third-order valence-corrected chi connectivity index (χ3v) is 4.89. The topological polar surface area (TPSA) is 63.7 Å². The summed E-state index contributed by atoms with van der Waals surface area (Å²) in [6.07, 6.45) is 4.30. The molecule has 1 N–H and O–H groups in total. The number of ether oxygens (including phenoxy) is 2. The zero-order valence-corrected chi connectivity index (χ0v) is 16.7. The molecule has 26 heavy (non-hydrogen) atoms. The Morgan fingerprint density at radius 1 is 1.50 bits per heavy atom. The lowest BCUT2D eigenvalue weighted by Crippen LogP contribution is -2.33. The van der Waals surface area contributed by atoms with Gasteiger partial charge in [-0.2, -0.15) is 0 Å². The molecule has 146 valence electrons. The zero-order chi connectivity index (χ0) is 18.9. The molecule has 1 amide bonds. The van der Waals surface area contributed by atoms with Gasteiger partial charge in [0.1, 0.15) is 11.1 Å². The molecule has 2 atom stereocenters. The van der Waals surface area contributed by atoms with Gasteiger partial charge in [-0.15, -0.1) is 0 Å². The van der Waals surface area contributed by atoms with Gasteiger partial charge in [-0.3, -0.25) is 4.79 Å². The number of carbonyl (C=O) groups is 1. The molecule has 1 aromatic rings. The Bertz CT molecular complexity index is 575. The highest BCUT2D eigenvalue weighted by molar-refractivity contribution is 6.32. The van der Waals surface area contributed by atoms with Gasteiger partial charge in [-0.25, -0.2) is 4.98 Å². The van der Waals surface area contributed by atoms with E-state index in [2.05, 4.69) is 29.0 Å². The van der Waals surface area contributed by atoms with Gasteiger partial charge < -0.3 is 19.7 Å². The monoisotopic (exact) mass is 383 g/mol. The van der Waals surface area contributed by atoms with Gasteiger partial charge in [0.2, 0.25) is 5.88 Å². The van der Waals surface area contributed by atoms with E-state index in [1.54, 1.807) is 6.07 Å². The lowest BCUT2D eigenvalue weighted by Gasteiger charge is -2.20. The van der Waals surface area contributed by atoms with Crippen LogP contribution in [0, 0.1) is 0 Å². The van der Waals surface area contributed by atoms with Crippen LogP contribution in [0.2, 0.25) is 5.02 Å². The summed E-state index contributed by atoms with van der Waals surface area (Å²) in [6, 6.07) is 1.71. The number of rotatable bonds is 10. The van der Waals surface area contributed by atoms with E-state index in [9.17, 15) is 4.79 Å². The number of halogens is 1. The molecule has 0 aliphatic carbocycles. The Balaban J connectivity index is 1.81. The number of carbonyl (C=O) groups excluding carboxylic acids is 1. The van der Waals surface area contributed by atoms with E-state index >= 15 is 0 Å². The smallest absolute Gasteiger partial charge is 0.253 e. The Labute approximate surface area is 161 Å². The normalized spacial score (nSPS) is 18.1. The van der Waals surface area contributed by atoms with Gasteiger partial charge in [-0.1, -0.05) is 25.4 Å². The summed E-state index contributed by atoms with van der Waals surface area (Å²) >= 11 is 6.22. The minimum Gasteiger partial charge on any atom is -0.471 e. The molecule has 1 fully saturated rings. The Morgan fingerprint density at radius 3 is 2.88 bits per heavy atom. The van der Waals surface area contributed by atoms with Crippen molar-refractivity contribution in [3.8, 4) is 5.88 Å². The predicted octanol–water partition coefficient (Wildman–Crippen LogP) is 3.14. The fourth-order valence-electron chi connectivity index (χ4n) is 2.94. The summed E-state index contributed by atoms with van der Waals surface area (Å²) in [6.45, 7) is 10.8. The number of nitrogens with zero attached hydrogens (tertiary/aromatic N) is 2. The van der Waals surface area contributed by atoms with Crippen LogP contribution < -0.4 is 10.1 Å². The summed E-state index contributed by atoms with van der Waals surface area (Å²) in [4.78, 5) is 19.0. The number of aromatic nitrogens is 1. The first-order chi connectivity index (χ1) is 12.5. The minimum atomic E-state index is -0.162. The van der Waals surface area contributed by atoms with Crippen LogP contribution in [-0.4, -0.2) is 60.8 Å². The molecule has 1 aliphatic rings. The molecular weight excluding hydrogens is 354 g/mol. The van der Waals surface area contributed by atoms with Gasteiger partial charge in [0.05, 0.1) is 18.8 Å². The van der Waals surface area contributed by atoms with E-state index in [4.69, 9.17) is 21.1 Å². The number of nitrogens with one attached hydrogen (secondary N) is 1. The van der Waals surface area contributed by atoms with Crippen molar-refractivity contribution in [2.45, 2.75) is 52.2 Å². The van der Waals surface area contributed by atoms with E-state index in [1.165, 1.54) is 6.20 Å². The van der Waals surface area contributed by atoms with Gasteiger partial charge in [0, 0.05) is 18.7 Å². The second-order valence-corrected chi connectivity index (χ2v) is 7.07. The largest absolute Gasteiger partial charge is 0.471 e. The van der Waals surface area contributed by atoms with E-state index in [0.717, 1.165) is 38.9 Å². The average molecular weight is 384 g/mol. The number of pyridine rings is 1. The van der Waals surface area contributed by atoms with E-state index in [-0.39, 0.29) is 18.1 Å². The Hall–Kier alpha value is -1.37. The first-order valence-electron chi connectivity index (χ1n) is 9.46. The lowest BCUT2D eigenvalue weighted by molar-refractivity contribution is 0.0936. The first kappa shape index (κ1) is 20.9. The van der Waals surface area contributed by atoms with E-state index in [0.29, 0.717) is 29.7 Å². The quantitative estimate of drug-likeness (QED) is 0.672. The van der Waals surface area contributed by atoms with Crippen LogP contribution in [0.15, 0.2) is 12.3 Å². The van der Waals surface area contributed by atoms with E-state index in [1.807, 2.05) is 6.92 Å². The molecular formula is C19H30ClN3O3. The molecule has 0 radical (unpaired) electrons. The minimum absolute atomic E-state index is 0.0227. The van der Waals surface area contributed by atoms with Crippen molar-refractivity contribution in [3.05, 3.63) is 22.8 Å². The van der Waals surface area contributed by atoms with Crippen LogP contribution in [0.25, 0.3) is 0 Å². The van der Waals surface area contributed by atoms with Crippen LogP contribution in [0.3, 0.4) is 0 Å². The maximum atomic E-state index is 12.4. The molecule has 1 aromatic heterocycles. The number of hydrogen-bond donors (Lipinski definition) is 1. The fraction of sp³-hybridized carbons (Fsp3) is 0.684. The Kier molecular flexibility index (Phi) is 8.62. The van der Waals surface area contributed by atoms with Crippen LogP contribution in [-0.2, 0) is 4.74 Å². The van der Waals surface area contributed by atoms with Gasteiger partial charge >= 0.3 is 0 Å². The summed E-state index contributed by atoms with van der Waals surface area (Å²) in [5, 5.41) is 3.35. The van der Waals surface area contributed by atoms with Crippen molar-refractivity contribution in [3.63, 3.8) is 0 Å². The van der Waals surface area contributed by atoms with Crippen molar-refractivity contribution in [1.29, 1.82) is 0 Å². The highest BCUT2D eigenvalue weighted by Crippen LogP contribution is 2.25. The molecule has 2 rings (SSSR count). The first-order valence-corrected chi connectivity index (χ1v) is 9.84. The summed E-state index contributed by atoms with van der Waals surface area (Å²) in [7, 11) is 0. The van der Waals surface area contributed by atoms with E-state index < -0.39 is 0 Å². The fourth-order valence-corrected chi connectivity index (χ4v) is 3.15. The lowest BCUT2D eigenvalue weighted by atomic mass is 10.1. The summed E-state index contributed by atoms with van der Waals surface area (Å²) in [5.74, 6) is 0.191. The van der Waals surface area contributed by atoms with Gasteiger partial charge in [0.25, 0.3) is 5.91 Å². The second-order valence-electron chi connectivity index (χ2n) is 6.66. The Morgan fingerprint density at radius 2 is 2.27 bits per heavy atom. The molecule has 0 bridgehead atoms. The van der Waals surface area contributed by atoms with Crippen molar-refractivity contribution < 1.29 is 14.3 Å². The van der Waals surface area contributed by atoms with Crippen molar-refractivity contribution >= 4 is 17.5 Å². The number of amides is 1. The molecule has 0 saturated carbocycles. The van der Waals surface area contributed by atoms with Crippen LogP contribution >= 0.6 is 11.6 Å². The molecule has 7 heteroatoms. The zero-order valence-electron chi connectivity index (χ0n) is 16.0. The third kappa shape index (κ3) is 6.41. The molecule has 0 spiro atoms.